The molecule has 0 spiro atoms. The molecule has 0 fully saturated rings. The lowest BCUT2D eigenvalue weighted by molar-refractivity contribution is -0.113. The number of hydrogen-bond acceptors (Lipinski definition) is 4. The number of rotatable bonds is 3. The van der Waals surface area contributed by atoms with Gasteiger partial charge in [0.15, 0.2) is 4.96 Å². The Bertz CT molecular complexity index is 1640. The first-order valence-electron chi connectivity index (χ1n) is 10.8. The van der Waals surface area contributed by atoms with Crippen molar-refractivity contribution in [3.63, 3.8) is 0 Å². The Morgan fingerprint density at radius 3 is 2.15 bits per heavy atom. The second kappa shape index (κ2) is 7.53. The van der Waals surface area contributed by atoms with Crippen LogP contribution in [0.4, 0.5) is 5.69 Å². The van der Waals surface area contributed by atoms with Gasteiger partial charge in [0.1, 0.15) is 4.53 Å². The van der Waals surface area contributed by atoms with Gasteiger partial charge in [-0.15, -0.1) is 0 Å². The van der Waals surface area contributed by atoms with Crippen LogP contribution in [0, 0.1) is 0 Å². The molecule has 33 heavy (non-hydrogen) atoms. The van der Waals surface area contributed by atoms with Crippen LogP contribution >= 0.6 is 11.3 Å². The number of thiazole rings is 1. The molecule has 0 atom stereocenters. The Morgan fingerprint density at radius 1 is 0.818 bits per heavy atom. The molecule has 5 nitrogen and oxygen atoms in total. The zero-order valence-electron chi connectivity index (χ0n) is 17.9. The first-order valence-corrected chi connectivity index (χ1v) is 11.6. The SMILES string of the molecule is CCN1C(=O)/C(=c2\sc3nc(-c4ccccc4)c(-c4ccccc4)n3c2=O)c2ccccc21. The highest BCUT2D eigenvalue weighted by atomic mass is 32.1. The van der Waals surface area contributed by atoms with Crippen LogP contribution in [-0.2, 0) is 4.79 Å². The molecule has 3 heterocycles. The molecule has 160 valence electrons. The van der Waals surface area contributed by atoms with E-state index in [0.717, 1.165) is 33.8 Å². The van der Waals surface area contributed by atoms with Crippen molar-refractivity contribution < 1.29 is 4.79 Å². The van der Waals surface area contributed by atoms with E-state index in [1.165, 1.54) is 11.3 Å². The van der Waals surface area contributed by atoms with Crippen LogP contribution in [0.1, 0.15) is 12.5 Å². The predicted octanol–water partition coefficient (Wildman–Crippen LogP) is 4.37. The Kier molecular flexibility index (Phi) is 4.48. The zero-order valence-corrected chi connectivity index (χ0v) is 18.7. The molecule has 0 saturated carbocycles. The number of likely N-dealkylation sites (N-methyl/N-ethyl adjacent to an activating group) is 1. The van der Waals surface area contributed by atoms with E-state index in [4.69, 9.17) is 4.98 Å². The number of para-hydroxylation sites is 1. The molecule has 3 aromatic carbocycles. The summed E-state index contributed by atoms with van der Waals surface area (Å²) < 4.78 is 2.09. The first-order chi connectivity index (χ1) is 16.2. The molecule has 1 aliphatic rings. The smallest absolute Gasteiger partial charge is 0.275 e. The summed E-state index contributed by atoms with van der Waals surface area (Å²) >= 11 is 1.28. The van der Waals surface area contributed by atoms with Crippen molar-refractivity contribution in [3.8, 4) is 22.5 Å². The summed E-state index contributed by atoms with van der Waals surface area (Å²) in [5.74, 6) is -0.134. The normalized spacial score (nSPS) is 14.8. The van der Waals surface area contributed by atoms with Crippen LogP contribution in [0.2, 0.25) is 0 Å². The number of fused-ring (bicyclic) bond motifs is 2. The van der Waals surface area contributed by atoms with Gasteiger partial charge in [0, 0.05) is 23.2 Å². The number of anilines is 1. The first kappa shape index (κ1) is 19.6. The molecule has 0 unspecified atom stereocenters. The largest absolute Gasteiger partial charge is 0.308 e. The summed E-state index contributed by atoms with van der Waals surface area (Å²) in [6, 6.07) is 27.3. The summed E-state index contributed by atoms with van der Waals surface area (Å²) in [5.41, 5.74) is 5.26. The van der Waals surface area contributed by atoms with Gasteiger partial charge in [-0.1, -0.05) is 90.2 Å². The number of benzene rings is 3. The molecule has 0 N–H and O–H groups in total. The number of hydrogen-bond donors (Lipinski definition) is 0. The molecule has 0 radical (unpaired) electrons. The number of nitrogens with zero attached hydrogens (tertiary/aromatic N) is 3. The van der Waals surface area contributed by atoms with Gasteiger partial charge >= 0.3 is 0 Å². The number of imidazole rings is 1. The van der Waals surface area contributed by atoms with E-state index in [1.54, 1.807) is 9.30 Å². The summed E-state index contributed by atoms with van der Waals surface area (Å²) in [6.45, 7) is 2.49. The maximum atomic E-state index is 13.8. The van der Waals surface area contributed by atoms with Crippen LogP contribution in [0.3, 0.4) is 0 Å². The Hall–Kier alpha value is -4.03. The van der Waals surface area contributed by atoms with Crippen LogP contribution < -0.4 is 15.0 Å². The summed E-state index contributed by atoms with van der Waals surface area (Å²) in [6.07, 6.45) is 0. The standard InChI is InChI=1S/C27H19N3O2S/c1-2-29-20-16-10-9-15-19(20)21(25(29)31)24-26(32)30-23(18-13-7-4-8-14-18)22(28-27(30)33-24)17-11-5-3-6-12-17/h3-16H,2H2,1H3/b24-21-. The monoisotopic (exact) mass is 449 g/mol. The Labute approximate surface area is 193 Å². The van der Waals surface area contributed by atoms with E-state index in [2.05, 4.69) is 0 Å². The minimum atomic E-state index is -0.209. The van der Waals surface area contributed by atoms with Gasteiger partial charge in [-0.25, -0.2) is 9.38 Å². The molecular formula is C27H19N3O2S. The van der Waals surface area contributed by atoms with Crippen LogP contribution in [0.15, 0.2) is 89.7 Å². The average Bonchev–Trinajstić information content (AvgIpc) is 3.48. The van der Waals surface area contributed by atoms with Crippen molar-refractivity contribution in [1.82, 2.24) is 9.38 Å². The predicted molar refractivity (Wildman–Crippen MR) is 132 cm³/mol. The quantitative estimate of drug-likeness (QED) is 0.411. The van der Waals surface area contributed by atoms with Gasteiger partial charge < -0.3 is 4.90 Å². The van der Waals surface area contributed by atoms with E-state index >= 15 is 0 Å². The van der Waals surface area contributed by atoms with Crippen LogP contribution in [0.5, 0.6) is 0 Å². The lowest BCUT2D eigenvalue weighted by Crippen LogP contribution is -2.32. The second-order valence-corrected chi connectivity index (χ2v) is 8.81. The highest BCUT2D eigenvalue weighted by Crippen LogP contribution is 2.36. The Balaban J connectivity index is 1.71. The van der Waals surface area contributed by atoms with Crippen molar-refractivity contribution in [2.75, 3.05) is 11.4 Å². The molecule has 6 rings (SSSR count). The molecule has 0 aliphatic carbocycles. The fourth-order valence-corrected chi connectivity index (χ4v) is 5.59. The third-order valence-corrected chi connectivity index (χ3v) is 7.04. The number of aromatic nitrogens is 2. The number of carbonyl (C=O) groups is 1. The van der Waals surface area contributed by atoms with E-state index in [9.17, 15) is 9.59 Å². The molecule has 1 aliphatic heterocycles. The van der Waals surface area contributed by atoms with E-state index in [1.807, 2.05) is 91.9 Å². The van der Waals surface area contributed by atoms with Crippen molar-refractivity contribution in [3.05, 3.63) is 105 Å². The van der Waals surface area contributed by atoms with Crippen molar-refractivity contribution in [2.45, 2.75) is 6.92 Å². The van der Waals surface area contributed by atoms with Gasteiger partial charge in [0.25, 0.3) is 11.5 Å². The highest BCUT2D eigenvalue weighted by Gasteiger charge is 2.33. The van der Waals surface area contributed by atoms with E-state index < -0.39 is 0 Å². The molecule has 1 amide bonds. The molecule has 0 saturated heterocycles. The summed E-state index contributed by atoms with van der Waals surface area (Å²) in [7, 11) is 0. The third-order valence-electron chi connectivity index (χ3n) is 6.00. The van der Waals surface area contributed by atoms with Crippen molar-refractivity contribution in [1.29, 1.82) is 0 Å². The van der Waals surface area contributed by atoms with Gasteiger partial charge in [-0.3, -0.25) is 9.59 Å². The third kappa shape index (κ3) is 2.88. The van der Waals surface area contributed by atoms with Crippen molar-refractivity contribution in [2.24, 2.45) is 0 Å². The summed E-state index contributed by atoms with van der Waals surface area (Å²) in [5, 5.41) is 0. The van der Waals surface area contributed by atoms with Gasteiger partial charge in [0.05, 0.1) is 22.6 Å². The molecule has 6 heteroatoms. The van der Waals surface area contributed by atoms with E-state index in [-0.39, 0.29) is 11.5 Å². The second-order valence-electron chi connectivity index (χ2n) is 7.84. The summed E-state index contributed by atoms with van der Waals surface area (Å²) in [4.78, 5) is 34.3. The van der Waals surface area contributed by atoms with Crippen LogP contribution in [0.25, 0.3) is 33.0 Å². The fraction of sp³-hybridized carbons (Fsp3) is 0.0741. The van der Waals surface area contributed by atoms with Gasteiger partial charge in [-0.2, -0.15) is 0 Å². The molecular weight excluding hydrogens is 430 g/mol. The molecule has 5 aromatic rings. The minimum Gasteiger partial charge on any atom is -0.308 e. The maximum Gasteiger partial charge on any atom is 0.275 e. The topological polar surface area (TPSA) is 54.7 Å². The highest BCUT2D eigenvalue weighted by molar-refractivity contribution is 7.15. The van der Waals surface area contributed by atoms with Gasteiger partial charge in [0.2, 0.25) is 0 Å². The van der Waals surface area contributed by atoms with Gasteiger partial charge in [-0.05, 0) is 13.0 Å². The lowest BCUT2D eigenvalue weighted by Gasteiger charge is -2.13. The maximum absolute atomic E-state index is 13.8. The molecule has 2 aromatic heterocycles. The van der Waals surface area contributed by atoms with Crippen molar-refractivity contribution >= 4 is 33.5 Å². The average molecular weight is 450 g/mol. The minimum absolute atomic E-state index is 0.134. The molecule has 0 bridgehead atoms. The Morgan fingerprint density at radius 2 is 1.45 bits per heavy atom. The van der Waals surface area contributed by atoms with Crippen LogP contribution in [-0.4, -0.2) is 21.8 Å². The van der Waals surface area contributed by atoms with E-state index in [0.29, 0.717) is 21.6 Å². The number of carbonyl (C=O) groups excluding carboxylic acids is 1. The lowest BCUT2D eigenvalue weighted by atomic mass is 10.0. The fourth-order valence-electron chi connectivity index (χ4n) is 4.52. The number of amides is 1. The zero-order chi connectivity index (χ0) is 22.5.